The topological polar surface area (TPSA) is 126 Å². The van der Waals surface area contributed by atoms with Crippen molar-refractivity contribution in [3.05, 3.63) is 0 Å². The Bertz CT molecular complexity index is 225. The Labute approximate surface area is 89.1 Å². The summed E-state index contributed by atoms with van der Waals surface area (Å²) in [4.78, 5) is 10.5. The van der Waals surface area contributed by atoms with Crippen LogP contribution >= 0.6 is 0 Å². The Morgan fingerprint density at radius 1 is 1.00 bits per heavy atom. The Morgan fingerprint density at radius 3 is 1.60 bits per heavy atom. The monoisotopic (exact) mass is 214 g/mol. The molecule has 1 aromatic heterocycles. The zero-order valence-corrected chi connectivity index (χ0v) is 9.10. The molecule has 0 radical (unpaired) electrons. The number of anilines is 3. The minimum atomic E-state index is 0.0417. The molecule has 0 aromatic carbocycles. The SMILES string of the molecule is CCCCOC.Nc1nc(N)nc(N)n1. The highest BCUT2D eigenvalue weighted by atomic mass is 16.5. The van der Waals surface area contributed by atoms with Crippen molar-refractivity contribution < 1.29 is 4.74 Å². The largest absolute Gasteiger partial charge is 0.385 e. The molecule has 7 nitrogen and oxygen atoms in total. The summed E-state index contributed by atoms with van der Waals surface area (Å²) >= 11 is 0. The van der Waals surface area contributed by atoms with E-state index in [2.05, 4.69) is 21.9 Å². The minimum absolute atomic E-state index is 0.0417. The number of aromatic nitrogens is 3. The molecule has 0 aliphatic rings. The first kappa shape index (κ1) is 13.4. The zero-order valence-electron chi connectivity index (χ0n) is 9.10. The van der Waals surface area contributed by atoms with Gasteiger partial charge in [0.25, 0.3) is 0 Å². The highest BCUT2D eigenvalue weighted by Gasteiger charge is 1.93. The van der Waals surface area contributed by atoms with Gasteiger partial charge in [-0.2, -0.15) is 15.0 Å². The van der Waals surface area contributed by atoms with Gasteiger partial charge in [-0.05, 0) is 6.42 Å². The summed E-state index contributed by atoms with van der Waals surface area (Å²) in [6.45, 7) is 3.07. The molecule has 0 amide bonds. The fourth-order valence-electron chi connectivity index (χ4n) is 0.716. The first-order valence-corrected chi connectivity index (χ1v) is 4.61. The smallest absolute Gasteiger partial charge is 0.226 e. The first-order chi connectivity index (χ1) is 7.10. The molecule has 86 valence electrons. The molecular formula is C8H18N6O. The predicted molar refractivity (Wildman–Crippen MR) is 59.8 cm³/mol. The van der Waals surface area contributed by atoms with E-state index in [4.69, 9.17) is 21.9 Å². The zero-order chi connectivity index (χ0) is 11.7. The average Bonchev–Trinajstić information content (AvgIpc) is 2.13. The summed E-state index contributed by atoms with van der Waals surface area (Å²) in [7, 11) is 1.73. The van der Waals surface area contributed by atoms with Crippen molar-refractivity contribution in [2.45, 2.75) is 19.8 Å². The molecule has 15 heavy (non-hydrogen) atoms. The van der Waals surface area contributed by atoms with Gasteiger partial charge in [-0.1, -0.05) is 13.3 Å². The van der Waals surface area contributed by atoms with Gasteiger partial charge in [-0.25, -0.2) is 0 Å². The van der Waals surface area contributed by atoms with Crippen LogP contribution in [0, 0.1) is 0 Å². The van der Waals surface area contributed by atoms with E-state index in [9.17, 15) is 0 Å². The molecule has 1 aromatic rings. The predicted octanol–water partition coefficient (Wildman–Crippen LogP) is 0.0511. The second-order valence-corrected chi connectivity index (χ2v) is 2.76. The number of hydrogen-bond donors (Lipinski definition) is 3. The van der Waals surface area contributed by atoms with Gasteiger partial charge in [0, 0.05) is 13.7 Å². The molecule has 0 aliphatic heterocycles. The quantitative estimate of drug-likeness (QED) is 0.607. The van der Waals surface area contributed by atoms with E-state index in [1.807, 2.05) is 0 Å². The molecule has 0 aliphatic carbocycles. The second-order valence-electron chi connectivity index (χ2n) is 2.76. The summed E-state index contributed by atoms with van der Waals surface area (Å²) in [6, 6.07) is 0. The van der Waals surface area contributed by atoms with Gasteiger partial charge in [0.15, 0.2) is 0 Å². The lowest BCUT2D eigenvalue weighted by Crippen LogP contribution is -2.05. The van der Waals surface area contributed by atoms with Crippen LogP contribution in [-0.2, 0) is 4.74 Å². The van der Waals surface area contributed by atoms with Crippen LogP contribution < -0.4 is 17.2 Å². The first-order valence-electron chi connectivity index (χ1n) is 4.61. The van der Waals surface area contributed by atoms with Gasteiger partial charge >= 0.3 is 0 Å². The molecule has 0 spiro atoms. The van der Waals surface area contributed by atoms with Crippen LogP contribution in [0.3, 0.4) is 0 Å². The van der Waals surface area contributed by atoms with Crippen molar-refractivity contribution in [1.82, 2.24) is 15.0 Å². The number of nitrogen functional groups attached to an aromatic ring is 3. The van der Waals surface area contributed by atoms with Crippen LogP contribution in [0.2, 0.25) is 0 Å². The molecule has 0 saturated carbocycles. The highest BCUT2D eigenvalue weighted by Crippen LogP contribution is 1.97. The third kappa shape index (κ3) is 7.44. The number of ether oxygens (including phenoxy) is 1. The summed E-state index contributed by atoms with van der Waals surface area (Å²) in [5.41, 5.74) is 15.4. The van der Waals surface area contributed by atoms with E-state index >= 15 is 0 Å². The highest BCUT2D eigenvalue weighted by molar-refractivity contribution is 5.33. The normalized spacial score (nSPS) is 9.20. The number of nitrogens with two attached hydrogens (primary N) is 3. The minimum Gasteiger partial charge on any atom is -0.385 e. The Balaban J connectivity index is 0.000000288. The van der Waals surface area contributed by atoms with Crippen LogP contribution in [-0.4, -0.2) is 28.7 Å². The molecule has 1 heterocycles. The molecule has 0 atom stereocenters. The Morgan fingerprint density at radius 2 is 1.40 bits per heavy atom. The fraction of sp³-hybridized carbons (Fsp3) is 0.625. The van der Waals surface area contributed by atoms with Gasteiger partial charge in [0.2, 0.25) is 17.8 Å². The third-order valence-electron chi connectivity index (χ3n) is 1.39. The van der Waals surface area contributed by atoms with Crippen molar-refractivity contribution in [3.63, 3.8) is 0 Å². The van der Waals surface area contributed by atoms with Gasteiger partial charge < -0.3 is 21.9 Å². The van der Waals surface area contributed by atoms with Gasteiger partial charge in [-0.15, -0.1) is 0 Å². The van der Waals surface area contributed by atoms with E-state index < -0.39 is 0 Å². The van der Waals surface area contributed by atoms with Crippen LogP contribution in [0.1, 0.15) is 19.8 Å². The number of hydrogen-bond acceptors (Lipinski definition) is 7. The van der Waals surface area contributed by atoms with E-state index in [1.165, 1.54) is 12.8 Å². The van der Waals surface area contributed by atoms with Crippen molar-refractivity contribution in [2.24, 2.45) is 0 Å². The van der Waals surface area contributed by atoms with E-state index in [0.29, 0.717) is 0 Å². The van der Waals surface area contributed by atoms with Crippen LogP contribution in [0.5, 0.6) is 0 Å². The summed E-state index contributed by atoms with van der Waals surface area (Å²) in [5, 5.41) is 0. The summed E-state index contributed by atoms with van der Waals surface area (Å²) in [5.74, 6) is 0.125. The molecule has 0 bridgehead atoms. The van der Waals surface area contributed by atoms with Crippen LogP contribution in [0.25, 0.3) is 0 Å². The summed E-state index contributed by atoms with van der Waals surface area (Å²) in [6.07, 6.45) is 2.42. The molecule has 0 unspecified atom stereocenters. The van der Waals surface area contributed by atoms with E-state index in [-0.39, 0.29) is 17.8 Å². The fourth-order valence-corrected chi connectivity index (χ4v) is 0.716. The maximum Gasteiger partial charge on any atom is 0.226 e. The van der Waals surface area contributed by atoms with Crippen LogP contribution in [0.4, 0.5) is 17.8 Å². The number of nitrogens with zero attached hydrogens (tertiary/aromatic N) is 3. The average molecular weight is 214 g/mol. The Kier molecular flexibility index (Phi) is 6.90. The maximum atomic E-state index is 5.14. The number of rotatable bonds is 3. The lowest BCUT2D eigenvalue weighted by atomic mass is 10.4. The second kappa shape index (κ2) is 7.74. The molecule has 0 saturated heterocycles. The van der Waals surface area contributed by atoms with Gasteiger partial charge in [0.1, 0.15) is 0 Å². The molecule has 0 fully saturated rings. The molecule has 1 rings (SSSR count). The number of unbranched alkanes of at least 4 members (excludes halogenated alkanes) is 1. The maximum absolute atomic E-state index is 5.14. The van der Waals surface area contributed by atoms with Gasteiger partial charge in [-0.3, -0.25) is 0 Å². The molecule has 7 heteroatoms. The van der Waals surface area contributed by atoms with Crippen molar-refractivity contribution >= 4 is 17.8 Å². The molecular weight excluding hydrogens is 196 g/mol. The molecule has 6 N–H and O–H groups in total. The third-order valence-corrected chi connectivity index (χ3v) is 1.39. The lowest BCUT2D eigenvalue weighted by Gasteiger charge is -1.93. The number of methoxy groups -OCH3 is 1. The standard InChI is InChI=1S/C5H12O.C3H6N6/c1-3-4-5-6-2;4-1-7-2(5)9-3(6)8-1/h3-5H2,1-2H3;(H6,4,5,6,7,8,9). The van der Waals surface area contributed by atoms with E-state index in [0.717, 1.165) is 6.61 Å². The van der Waals surface area contributed by atoms with E-state index in [1.54, 1.807) is 7.11 Å². The summed E-state index contributed by atoms with van der Waals surface area (Å²) < 4.78 is 4.78. The van der Waals surface area contributed by atoms with Crippen molar-refractivity contribution in [1.29, 1.82) is 0 Å². The van der Waals surface area contributed by atoms with Crippen LogP contribution in [0.15, 0.2) is 0 Å². The Hall–Kier alpha value is -1.63. The van der Waals surface area contributed by atoms with Crippen molar-refractivity contribution in [2.75, 3.05) is 30.9 Å². The lowest BCUT2D eigenvalue weighted by molar-refractivity contribution is 0.194. The van der Waals surface area contributed by atoms with Crippen molar-refractivity contribution in [3.8, 4) is 0 Å². The van der Waals surface area contributed by atoms with Gasteiger partial charge in [0.05, 0.1) is 0 Å².